The van der Waals surface area contributed by atoms with Crippen molar-refractivity contribution in [1.82, 2.24) is 4.98 Å². The van der Waals surface area contributed by atoms with Crippen molar-refractivity contribution in [1.29, 1.82) is 0 Å². The van der Waals surface area contributed by atoms with Crippen molar-refractivity contribution in [2.45, 2.75) is 6.92 Å². The van der Waals surface area contributed by atoms with Gasteiger partial charge in [0.25, 0.3) is 0 Å². The van der Waals surface area contributed by atoms with Gasteiger partial charge in [-0.05, 0) is 6.92 Å². The van der Waals surface area contributed by atoms with Gasteiger partial charge >= 0.3 is 0 Å². The molecule has 1 aromatic rings. The third-order valence-electron chi connectivity index (χ3n) is 1.50. The van der Waals surface area contributed by atoms with E-state index in [-0.39, 0.29) is 0 Å². The van der Waals surface area contributed by atoms with Crippen molar-refractivity contribution in [3.63, 3.8) is 0 Å². The fourth-order valence-electron chi connectivity index (χ4n) is 0.880. The Morgan fingerprint density at radius 2 is 2.31 bits per heavy atom. The van der Waals surface area contributed by atoms with Crippen LogP contribution in [0.5, 0.6) is 5.75 Å². The van der Waals surface area contributed by atoms with Crippen LogP contribution < -0.4 is 10.5 Å². The molecular formula is C9H14N2O2. The Labute approximate surface area is 77.7 Å². The van der Waals surface area contributed by atoms with E-state index in [0.29, 0.717) is 31.3 Å². The number of ether oxygens (including phenoxy) is 2. The second kappa shape index (κ2) is 5.37. The molecule has 0 aromatic carbocycles. The van der Waals surface area contributed by atoms with Gasteiger partial charge in [0.15, 0.2) is 0 Å². The van der Waals surface area contributed by atoms with Gasteiger partial charge < -0.3 is 15.2 Å². The molecule has 0 aliphatic heterocycles. The van der Waals surface area contributed by atoms with Crippen molar-refractivity contribution >= 4 is 5.69 Å². The fourth-order valence-corrected chi connectivity index (χ4v) is 0.880. The topological polar surface area (TPSA) is 57.4 Å². The number of nitrogen functional groups attached to an aromatic ring is 1. The summed E-state index contributed by atoms with van der Waals surface area (Å²) >= 11 is 0. The Hall–Kier alpha value is -1.29. The van der Waals surface area contributed by atoms with E-state index in [0.717, 1.165) is 0 Å². The highest BCUT2D eigenvalue weighted by molar-refractivity contribution is 5.49. The van der Waals surface area contributed by atoms with Crippen molar-refractivity contribution in [2.75, 3.05) is 25.6 Å². The number of nitrogens with zero attached hydrogens (tertiary/aromatic N) is 1. The smallest absolute Gasteiger partial charge is 0.145 e. The lowest BCUT2D eigenvalue weighted by atomic mass is 10.4. The first-order valence-corrected chi connectivity index (χ1v) is 4.24. The summed E-state index contributed by atoms with van der Waals surface area (Å²) in [6.45, 7) is 3.75. The maximum Gasteiger partial charge on any atom is 0.145 e. The molecule has 1 rings (SSSR count). The van der Waals surface area contributed by atoms with Crippen LogP contribution in [0, 0.1) is 0 Å². The van der Waals surface area contributed by atoms with Gasteiger partial charge in [-0.2, -0.15) is 0 Å². The van der Waals surface area contributed by atoms with E-state index in [1.807, 2.05) is 6.92 Å². The molecule has 72 valence electrons. The average Bonchev–Trinajstić information content (AvgIpc) is 2.15. The van der Waals surface area contributed by atoms with Gasteiger partial charge in [0.2, 0.25) is 0 Å². The largest absolute Gasteiger partial charge is 0.489 e. The van der Waals surface area contributed by atoms with Gasteiger partial charge in [-0.15, -0.1) is 0 Å². The zero-order chi connectivity index (χ0) is 9.52. The summed E-state index contributed by atoms with van der Waals surface area (Å²) in [7, 11) is 0. The molecular weight excluding hydrogens is 168 g/mol. The molecule has 4 nitrogen and oxygen atoms in total. The monoisotopic (exact) mass is 182 g/mol. The van der Waals surface area contributed by atoms with Crippen molar-refractivity contribution < 1.29 is 9.47 Å². The molecule has 13 heavy (non-hydrogen) atoms. The summed E-state index contributed by atoms with van der Waals surface area (Å²) in [6, 6.07) is 1.74. The van der Waals surface area contributed by atoms with Crippen LogP contribution in [-0.4, -0.2) is 24.8 Å². The Kier molecular flexibility index (Phi) is 4.05. The zero-order valence-electron chi connectivity index (χ0n) is 7.69. The van der Waals surface area contributed by atoms with E-state index in [9.17, 15) is 0 Å². The molecule has 1 heterocycles. The number of aromatic nitrogens is 1. The van der Waals surface area contributed by atoms with Gasteiger partial charge in [-0.25, -0.2) is 0 Å². The van der Waals surface area contributed by atoms with Gasteiger partial charge in [0.1, 0.15) is 12.4 Å². The van der Waals surface area contributed by atoms with E-state index in [2.05, 4.69) is 4.98 Å². The first kappa shape index (κ1) is 9.80. The van der Waals surface area contributed by atoms with Crippen LogP contribution in [0.2, 0.25) is 0 Å². The molecule has 0 aliphatic rings. The minimum atomic E-state index is 0.516. The van der Waals surface area contributed by atoms with E-state index < -0.39 is 0 Å². The first-order valence-electron chi connectivity index (χ1n) is 4.24. The SMILES string of the molecule is CCOCCOc1ccncc1N. The quantitative estimate of drug-likeness (QED) is 0.692. The Morgan fingerprint density at radius 3 is 3.00 bits per heavy atom. The molecule has 0 saturated heterocycles. The molecule has 0 atom stereocenters. The lowest BCUT2D eigenvalue weighted by molar-refractivity contribution is 0.110. The van der Waals surface area contributed by atoms with Gasteiger partial charge in [0, 0.05) is 18.9 Å². The summed E-state index contributed by atoms with van der Waals surface area (Å²) in [5, 5.41) is 0. The number of nitrogens with two attached hydrogens (primary N) is 1. The summed E-state index contributed by atoms with van der Waals surface area (Å²) in [6.07, 6.45) is 3.21. The fraction of sp³-hybridized carbons (Fsp3) is 0.444. The molecule has 0 aliphatic carbocycles. The second-order valence-corrected chi connectivity index (χ2v) is 2.46. The van der Waals surface area contributed by atoms with Gasteiger partial charge in [0.05, 0.1) is 18.5 Å². The summed E-state index contributed by atoms with van der Waals surface area (Å²) in [5.41, 5.74) is 6.16. The van der Waals surface area contributed by atoms with E-state index in [4.69, 9.17) is 15.2 Å². The van der Waals surface area contributed by atoms with Crippen molar-refractivity contribution in [2.24, 2.45) is 0 Å². The van der Waals surface area contributed by atoms with Crippen LogP contribution in [0.3, 0.4) is 0 Å². The van der Waals surface area contributed by atoms with Gasteiger partial charge in [-0.3, -0.25) is 4.98 Å². The molecule has 0 bridgehead atoms. The van der Waals surface area contributed by atoms with E-state index in [1.165, 1.54) is 0 Å². The number of hydrogen-bond donors (Lipinski definition) is 1. The highest BCUT2D eigenvalue weighted by Crippen LogP contribution is 2.17. The molecule has 0 amide bonds. The number of pyridine rings is 1. The third-order valence-corrected chi connectivity index (χ3v) is 1.50. The standard InChI is InChI=1S/C9H14N2O2/c1-2-12-5-6-13-9-3-4-11-7-8(9)10/h3-4,7H,2,5-6,10H2,1H3. The molecule has 2 N–H and O–H groups in total. The molecule has 0 radical (unpaired) electrons. The molecule has 0 unspecified atom stereocenters. The molecule has 1 aromatic heterocycles. The Balaban J connectivity index is 2.32. The predicted molar refractivity (Wildman–Crippen MR) is 50.6 cm³/mol. The van der Waals surface area contributed by atoms with E-state index >= 15 is 0 Å². The van der Waals surface area contributed by atoms with Crippen molar-refractivity contribution in [3.05, 3.63) is 18.5 Å². The molecule has 0 saturated carbocycles. The van der Waals surface area contributed by atoms with Crippen LogP contribution in [0.4, 0.5) is 5.69 Å². The normalized spacial score (nSPS) is 9.92. The lowest BCUT2D eigenvalue weighted by Gasteiger charge is -2.07. The Morgan fingerprint density at radius 1 is 1.46 bits per heavy atom. The van der Waals surface area contributed by atoms with Crippen LogP contribution >= 0.6 is 0 Å². The summed E-state index contributed by atoms with van der Waals surface area (Å²) in [5.74, 6) is 0.662. The minimum absolute atomic E-state index is 0.516. The highest BCUT2D eigenvalue weighted by Gasteiger charge is 1.97. The summed E-state index contributed by atoms with van der Waals surface area (Å²) in [4.78, 5) is 3.85. The van der Waals surface area contributed by atoms with Crippen LogP contribution in [-0.2, 0) is 4.74 Å². The molecule has 0 spiro atoms. The van der Waals surface area contributed by atoms with Crippen LogP contribution in [0.15, 0.2) is 18.5 Å². The van der Waals surface area contributed by atoms with Gasteiger partial charge in [-0.1, -0.05) is 0 Å². The predicted octanol–water partition coefficient (Wildman–Crippen LogP) is 1.08. The highest BCUT2D eigenvalue weighted by atomic mass is 16.5. The number of anilines is 1. The first-order chi connectivity index (χ1) is 6.34. The average molecular weight is 182 g/mol. The third kappa shape index (κ3) is 3.29. The maximum atomic E-state index is 5.61. The zero-order valence-corrected chi connectivity index (χ0v) is 7.69. The lowest BCUT2D eigenvalue weighted by Crippen LogP contribution is -2.07. The summed E-state index contributed by atoms with van der Waals surface area (Å²) < 4.78 is 10.5. The second-order valence-electron chi connectivity index (χ2n) is 2.46. The maximum absolute atomic E-state index is 5.61. The van der Waals surface area contributed by atoms with Crippen LogP contribution in [0.25, 0.3) is 0 Å². The van der Waals surface area contributed by atoms with Crippen LogP contribution in [0.1, 0.15) is 6.92 Å². The van der Waals surface area contributed by atoms with Crippen molar-refractivity contribution in [3.8, 4) is 5.75 Å². The minimum Gasteiger partial charge on any atom is -0.489 e. The Bertz CT molecular complexity index is 253. The molecule has 4 heteroatoms. The number of rotatable bonds is 5. The molecule has 0 fully saturated rings. The van der Waals surface area contributed by atoms with E-state index in [1.54, 1.807) is 18.5 Å². The number of hydrogen-bond acceptors (Lipinski definition) is 4.